The molecule has 0 saturated carbocycles. The summed E-state index contributed by atoms with van der Waals surface area (Å²) in [5, 5.41) is 0.175. The van der Waals surface area contributed by atoms with E-state index in [2.05, 4.69) is 9.71 Å². The van der Waals surface area contributed by atoms with Crippen LogP contribution in [-0.2, 0) is 16.6 Å². The molecule has 0 radical (unpaired) electrons. The lowest BCUT2D eigenvalue weighted by atomic mass is 10.2. The standard InChI is InChI=1S/C12H10ClFN2O2S/c13-11-4-1-5-12(14)10(11)8-16-19(17,18)9-3-2-6-15-7-9/h1-7,16H,8H2. The predicted molar refractivity (Wildman–Crippen MR) is 69.7 cm³/mol. The summed E-state index contributed by atoms with van der Waals surface area (Å²) in [5.74, 6) is -0.554. The fourth-order valence-electron chi connectivity index (χ4n) is 1.46. The molecule has 0 aliphatic carbocycles. The van der Waals surface area contributed by atoms with Gasteiger partial charge in [0, 0.05) is 29.5 Å². The topological polar surface area (TPSA) is 59.1 Å². The number of rotatable bonds is 4. The SMILES string of the molecule is O=S(=O)(NCc1c(F)cccc1Cl)c1cccnc1. The third-order valence-electron chi connectivity index (χ3n) is 2.45. The average molecular weight is 301 g/mol. The first-order chi connectivity index (χ1) is 9.00. The van der Waals surface area contributed by atoms with E-state index in [1.54, 1.807) is 0 Å². The third kappa shape index (κ3) is 3.28. The molecule has 1 aromatic carbocycles. The molecule has 0 saturated heterocycles. The number of nitrogens with one attached hydrogen (secondary N) is 1. The van der Waals surface area contributed by atoms with Crippen molar-refractivity contribution in [3.8, 4) is 0 Å². The van der Waals surface area contributed by atoms with Gasteiger partial charge in [0.2, 0.25) is 10.0 Å². The molecule has 0 fully saturated rings. The summed E-state index contributed by atoms with van der Waals surface area (Å²) in [5.41, 5.74) is 0.108. The van der Waals surface area contributed by atoms with Crippen LogP contribution in [0.1, 0.15) is 5.56 Å². The molecule has 2 rings (SSSR count). The summed E-state index contributed by atoms with van der Waals surface area (Å²) in [7, 11) is -3.73. The lowest BCUT2D eigenvalue weighted by Crippen LogP contribution is -2.24. The predicted octanol–water partition coefficient (Wildman–Crippen LogP) is 2.35. The molecular weight excluding hydrogens is 291 g/mol. The van der Waals surface area contributed by atoms with Crippen LogP contribution in [0, 0.1) is 5.82 Å². The highest BCUT2D eigenvalue weighted by atomic mass is 35.5. The molecule has 19 heavy (non-hydrogen) atoms. The summed E-state index contributed by atoms with van der Waals surface area (Å²) in [6, 6.07) is 7.08. The molecule has 1 aromatic heterocycles. The van der Waals surface area contributed by atoms with Gasteiger partial charge in [0.15, 0.2) is 0 Å². The van der Waals surface area contributed by atoms with E-state index in [1.807, 2.05) is 0 Å². The number of halogens is 2. The molecule has 1 N–H and O–H groups in total. The Bertz CT molecular complexity index is 657. The monoisotopic (exact) mass is 300 g/mol. The van der Waals surface area contributed by atoms with E-state index >= 15 is 0 Å². The van der Waals surface area contributed by atoms with Crippen LogP contribution < -0.4 is 4.72 Å². The summed E-state index contributed by atoms with van der Waals surface area (Å²) in [6.45, 7) is -0.220. The maximum Gasteiger partial charge on any atom is 0.242 e. The van der Waals surface area contributed by atoms with Crippen molar-refractivity contribution >= 4 is 21.6 Å². The van der Waals surface area contributed by atoms with Crippen molar-refractivity contribution in [2.45, 2.75) is 11.4 Å². The van der Waals surface area contributed by atoms with Gasteiger partial charge < -0.3 is 0 Å². The van der Waals surface area contributed by atoms with Crippen LogP contribution >= 0.6 is 11.6 Å². The summed E-state index contributed by atoms with van der Waals surface area (Å²) >= 11 is 5.82. The van der Waals surface area contributed by atoms with Gasteiger partial charge in [0.25, 0.3) is 0 Å². The zero-order chi connectivity index (χ0) is 13.9. The van der Waals surface area contributed by atoms with Gasteiger partial charge >= 0.3 is 0 Å². The molecule has 1 heterocycles. The summed E-state index contributed by atoms with van der Waals surface area (Å²) in [6.07, 6.45) is 2.68. The Hall–Kier alpha value is -1.50. The maximum absolute atomic E-state index is 13.5. The highest BCUT2D eigenvalue weighted by Gasteiger charge is 2.15. The van der Waals surface area contributed by atoms with E-state index in [4.69, 9.17) is 11.6 Å². The van der Waals surface area contributed by atoms with Crippen molar-refractivity contribution in [3.63, 3.8) is 0 Å². The van der Waals surface area contributed by atoms with Crippen molar-refractivity contribution in [1.82, 2.24) is 9.71 Å². The molecule has 0 aliphatic heterocycles. The number of pyridine rings is 1. The van der Waals surface area contributed by atoms with Gasteiger partial charge in [-0.3, -0.25) is 4.98 Å². The van der Waals surface area contributed by atoms with Crippen LogP contribution in [0.25, 0.3) is 0 Å². The molecule has 0 spiro atoms. The van der Waals surface area contributed by atoms with E-state index in [1.165, 1.54) is 42.7 Å². The minimum atomic E-state index is -3.73. The molecule has 0 atom stereocenters. The summed E-state index contributed by atoms with van der Waals surface area (Å²) in [4.78, 5) is 3.74. The zero-order valence-corrected chi connectivity index (χ0v) is 11.2. The van der Waals surface area contributed by atoms with E-state index in [-0.39, 0.29) is 22.0 Å². The molecule has 4 nitrogen and oxygen atoms in total. The van der Waals surface area contributed by atoms with Gasteiger partial charge in [-0.05, 0) is 24.3 Å². The number of hydrogen-bond donors (Lipinski definition) is 1. The van der Waals surface area contributed by atoms with Gasteiger partial charge in [-0.25, -0.2) is 17.5 Å². The second kappa shape index (κ2) is 5.64. The molecule has 7 heteroatoms. The van der Waals surface area contributed by atoms with Gasteiger partial charge in [0.05, 0.1) is 0 Å². The molecule has 2 aromatic rings. The van der Waals surface area contributed by atoms with E-state index in [0.29, 0.717) is 0 Å². The number of nitrogens with zero attached hydrogens (tertiary/aromatic N) is 1. The third-order valence-corrected chi connectivity index (χ3v) is 4.19. The van der Waals surface area contributed by atoms with Crippen LogP contribution in [0.15, 0.2) is 47.6 Å². The fraction of sp³-hybridized carbons (Fsp3) is 0.0833. The number of sulfonamides is 1. The minimum Gasteiger partial charge on any atom is -0.263 e. The van der Waals surface area contributed by atoms with E-state index in [0.717, 1.165) is 0 Å². The normalized spacial score (nSPS) is 11.5. The molecule has 0 unspecified atom stereocenters. The molecule has 0 aliphatic rings. The Morgan fingerprint density at radius 1 is 1.26 bits per heavy atom. The first kappa shape index (κ1) is 13.9. The smallest absolute Gasteiger partial charge is 0.242 e. The van der Waals surface area contributed by atoms with Crippen LogP contribution in [0.2, 0.25) is 5.02 Å². The van der Waals surface area contributed by atoms with Gasteiger partial charge in [-0.1, -0.05) is 17.7 Å². The Morgan fingerprint density at radius 2 is 2.05 bits per heavy atom. The Balaban J connectivity index is 2.19. The molecule has 100 valence electrons. The molecule has 0 bridgehead atoms. The van der Waals surface area contributed by atoms with Gasteiger partial charge in [0.1, 0.15) is 10.7 Å². The zero-order valence-electron chi connectivity index (χ0n) is 9.68. The van der Waals surface area contributed by atoms with Crippen LogP contribution in [-0.4, -0.2) is 13.4 Å². The number of hydrogen-bond acceptors (Lipinski definition) is 3. The first-order valence-electron chi connectivity index (χ1n) is 5.33. The van der Waals surface area contributed by atoms with Gasteiger partial charge in [-0.2, -0.15) is 0 Å². The van der Waals surface area contributed by atoms with Crippen molar-refractivity contribution in [2.24, 2.45) is 0 Å². The van der Waals surface area contributed by atoms with Crippen LogP contribution in [0.3, 0.4) is 0 Å². The van der Waals surface area contributed by atoms with Crippen molar-refractivity contribution in [2.75, 3.05) is 0 Å². The Kier molecular flexibility index (Phi) is 4.14. The number of benzene rings is 1. The Morgan fingerprint density at radius 3 is 2.68 bits per heavy atom. The molecule has 0 amide bonds. The lowest BCUT2D eigenvalue weighted by molar-refractivity contribution is 0.574. The highest BCUT2D eigenvalue weighted by molar-refractivity contribution is 7.89. The van der Waals surface area contributed by atoms with Crippen molar-refractivity contribution in [1.29, 1.82) is 0 Å². The summed E-state index contributed by atoms with van der Waals surface area (Å²) < 4.78 is 39.6. The lowest BCUT2D eigenvalue weighted by Gasteiger charge is -2.08. The largest absolute Gasteiger partial charge is 0.263 e. The van der Waals surface area contributed by atoms with E-state index in [9.17, 15) is 12.8 Å². The molecular formula is C12H10ClFN2O2S. The van der Waals surface area contributed by atoms with Crippen LogP contribution in [0.4, 0.5) is 4.39 Å². The van der Waals surface area contributed by atoms with Crippen molar-refractivity contribution in [3.05, 3.63) is 59.1 Å². The van der Waals surface area contributed by atoms with Crippen molar-refractivity contribution < 1.29 is 12.8 Å². The average Bonchev–Trinajstić information content (AvgIpc) is 2.39. The minimum absolute atomic E-state index is 0.0162. The maximum atomic E-state index is 13.5. The van der Waals surface area contributed by atoms with E-state index < -0.39 is 15.8 Å². The fourth-order valence-corrected chi connectivity index (χ4v) is 2.65. The van der Waals surface area contributed by atoms with Gasteiger partial charge in [-0.15, -0.1) is 0 Å². The highest BCUT2D eigenvalue weighted by Crippen LogP contribution is 2.19. The Labute approximate surface area is 115 Å². The quantitative estimate of drug-likeness (QED) is 0.943. The first-order valence-corrected chi connectivity index (χ1v) is 7.19. The second-order valence-electron chi connectivity index (χ2n) is 3.71. The van der Waals surface area contributed by atoms with Crippen LogP contribution in [0.5, 0.6) is 0 Å². The number of aromatic nitrogens is 1. The second-order valence-corrected chi connectivity index (χ2v) is 5.89.